The number of thiophene rings is 1. The van der Waals surface area contributed by atoms with Crippen LogP contribution in [0.4, 0.5) is 13.2 Å². The van der Waals surface area contributed by atoms with Crippen LogP contribution in [0.1, 0.15) is 34.9 Å². The van der Waals surface area contributed by atoms with Gasteiger partial charge in [-0.05, 0) is 49.2 Å². The Morgan fingerprint density at radius 2 is 1.92 bits per heavy atom. The zero-order valence-electron chi connectivity index (χ0n) is 13.7. The molecule has 0 saturated carbocycles. The average Bonchev–Trinajstić information content (AvgIpc) is 3.01. The van der Waals surface area contributed by atoms with Crippen molar-refractivity contribution in [1.29, 1.82) is 0 Å². The number of carboxylic acids is 1. The number of likely N-dealkylation sites (tertiary alicyclic amines) is 1. The van der Waals surface area contributed by atoms with Gasteiger partial charge in [-0.1, -0.05) is 23.7 Å². The van der Waals surface area contributed by atoms with E-state index < -0.39 is 23.6 Å². The van der Waals surface area contributed by atoms with Crippen LogP contribution in [0.15, 0.2) is 36.4 Å². The van der Waals surface area contributed by atoms with Crippen molar-refractivity contribution in [1.82, 2.24) is 4.90 Å². The van der Waals surface area contributed by atoms with Gasteiger partial charge < -0.3 is 5.11 Å². The Morgan fingerprint density at radius 1 is 1.23 bits per heavy atom. The summed E-state index contributed by atoms with van der Waals surface area (Å²) in [6, 6.07) is 8.34. The summed E-state index contributed by atoms with van der Waals surface area (Å²) in [6.07, 6.45) is -3.05. The largest absolute Gasteiger partial charge is 0.481 e. The number of hydrogen-bond acceptors (Lipinski definition) is 3. The fourth-order valence-electron chi connectivity index (χ4n) is 3.33. The van der Waals surface area contributed by atoms with Gasteiger partial charge >= 0.3 is 12.1 Å². The molecule has 1 aromatic heterocycles. The number of benzene rings is 1. The lowest BCUT2D eigenvalue weighted by Gasteiger charge is -2.37. The van der Waals surface area contributed by atoms with Crippen molar-refractivity contribution in [3.63, 3.8) is 0 Å². The second-order valence-corrected chi connectivity index (χ2v) is 8.08. The third-order valence-corrected chi connectivity index (χ3v) is 5.87. The Hall–Kier alpha value is -1.57. The number of carboxylic acid groups (broad SMARTS) is 1. The number of rotatable bonds is 4. The lowest BCUT2D eigenvalue weighted by molar-refractivity contribution is -0.144. The average molecular weight is 404 g/mol. The highest BCUT2D eigenvalue weighted by Crippen LogP contribution is 2.38. The van der Waals surface area contributed by atoms with E-state index in [1.54, 1.807) is 6.07 Å². The van der Waals surface area contributed by atoms with E-state index in [2.05, 4.69) is 0 Å². The van der Waals surface area contributed by atoms with Crippen LogP contribution in [0.5, 0.6) is 0 Å². The van der Waals surface area contributed by atoms with Crippen LogP contribution in [0, 0.1) is 5.92 Å². The van der Waals surface area contributed by atoms with Gasteiger partial charge in [0.15, 0.2) is 0 Å². The molecule has 1 aromatic carbocycles. The van der Waals surface area contributed by atoms with Gasteiger partial charge in [0.25, 0.3) is 0 Å². The molecule has 2 unspecified atom stereocenters. The van der Waals surface area contributed by atoms with Crippen LogP contribution in [0.3, 0.4) is 0 Å². The predicted molar refractivity (Wildman–Crippen MR) is 94.5 cm³/mol. The number of aliphatic carboxylic acids is 1. The zero-order chi connectivity index (χ0) is 18.9. The Labute approximate surface area is 158 Å². The second kappa shape index (κ2) is 7.58. The topological polar surface area (TPSA) is 40.5 Å². The molecule has 2 atom stereocenters. The maximum absolute atomic E-state index is 12.9. The fraction of sp³-hybridized carbons (Fsp3) is 0.389. The Bertz CT molecular complexity index is 775. The number of piperidine rings is 1. The van der Waals surface area contributed by atoms with Gasteiger partial charge in [0.1, 0.15) is 0 Å². The minimum absolute atomic E-state index is 0.308. The summed E-state index contributed by atoms with van der Waals surface area (Å²) in [5.41, 5.74) is -0.00572. The van der Waals surface area contributed by atoms with Gasteiger partial charge in [0.2, 0.25) is 0 Å². The highest BCUT2D eigenvalue weighted by molar-refractivity contribution is 7.16. The summed E-state index contributed by atoms with van der Waals surface area (Å²) in [4.78, 5) is 14.3. The summed E-state index contributed by atoms with van der Waals surface area (Å²) in [5.74, 6) is -1.32. The molecule has 1 N–H and O–H groups in total. The van der Waals surface area contributed by atoms with Crippen molar-refractivity contribution in [3.8, 4) is 0 Å². The molecule has 26 heavy (non-hydrogen) atoms. The molecule has 0 aliphatic carbocycles. The minimum Gasteiger partial charge on any atom is -0.481 e. The molecule has 0 radical (unpaired) electrons. The van der Waals surface area contributed by atoms with E-state index in [0.717, 1.165) is 23.4 Å². The zero-order valence-corrected chi connectivity index (χ0v) is 15.2. The molecule has 0 spiro atoms. The van der Waals surface area contributed by atoms with Crippen LogP contribution in [0.25, 0.3) is 0 Å². The molecule has 1 aliphatic rings. The van der Waals surface area contributed by atoms with Gasteiger partial charge in [-0.3, -0.25) is 9.69 Å². The molecule has 3 nitrogen and oxygen atoms in total. The number of halogens is 4. The molecule has 0 amide bonds. The molecule has 140 valence electrons. The highest BCUT2D eigenvalue weighted by atomic mass is 35.5. The number of hydrogen-bond donors (Lipinski definition) is 1. The summed E-state index contributed by atoms with van der Waals surface area (Å²) < 4.78 is 39.1. The number of carbonyl (C=O) groups is 1. The molecule has 1 fully saturated rings. The maximum Gasteiger partial charge on any atom is 0.416 e. The molecule has 1 saturated heterocycles. The van der Waals surface area contributed by atoms with E-state index in [1.807, 2.05) is 11.0 Å². The molecule has 2 aromatic rings. The van der Waals surface area contributed by atoms with E-state index in [9.17, 15) is 23.1 Å². The molecule has 1 aliphatic heterocycles. The molecular weight excluding hydrogens is 387 g/mol. The van der Waals surface area contributed by atoms with Gasteiger partial charge in [0.05, 0.1) is 21.9 Å². The van der Waals surface area contributed by atoms with Crippen molar-refractivity contribution in [2.24, 2.45) is 5.92 Å². The molecule has 8 heteroatoms. The van der Waals surface area contributed by atoms with Crippen LogP contribution in [0.2, 0.25) is 4.34 Å². The maximum atomic E-state index is 12.9. The summed E-state index contributed by atoms with van der Waals surface area (Å²) >= 11 is 7.41. The predicted octanol–water partition coefficient (Wildman–Crippen LogP) is 5.31. The summed E-state index contributed by atoms with van der Waals surface area (Å²) in [6.45, 7) is 1.04. The minimum atomic E-state index is -4.39. The van der Waals surface area contributed by atoms with Crippen molar-refractivity contribution >= 4 is 28.9 Å². The van der Waals surface area contributed by atoms with E-state index in [0.29, 0.717) is 29.4 Å². The molecule has 0 bridgehead atoms. The number of nitrogens with zero attached hydrogens (tertiary/aromatic N) is 1. The molecule has 2 heterocycles. The third kappa shape index (κ3) is 4.22. The van der Waals surface area contributed by atoms with Gasteiger partial charge in [-0.25, -0.2) is 0 Å². The van der Waals surface area contributed by atoms with Gasteiger partial charge in [0, 0.05) is 11.4 Å². The van der Waals surface area contributed by atoms with E-state index in [1.165, 1.54) is 23.5 Å². The molecular formula is C18H17ClF3NO2S. The molecule has 3 rings (SSSR count). The van der Waals surface area contributed by atoms with Crippen molar-refractivity contribution in [2.75, 3.05) is 13.1 Å². The highest BCUT2D eigenvalue weighted by Gasteiger charge is 2.33. The lowest BCUT2D eigenvalue weighted by Crippen LogP contribution is -2.41. The van der Waals surface area contributed by atoms with E-state index in [4.69, 9.17) is 11.6 Å². The van der Waals surface area contributed by atoms with E-state index in [-0.39, 0.29) is 6.04 Å². The second-order valence-electron chi connectivity index (χ2n) is 6.34. The first-order valence-corrected chi connectivity index (χ1v) is 9.34. The Morgan fingerprint density at radius 3 is 2.46 bits per heavy atom. The first kappa shape index (κ1) is 19.2. The SMILES string of the molecule is O=C(O)C1CCCN(C(c2ccc(C(F)(F)F)cc2)c2ccc(Cl)s2)C1. The Balaban J connectivity index is 1.95. The van der Waals surface area contributed by atoms with Crippen LogP contribution < -0.4 is 0 Å². The normalized spacial score (nSPS) is 20.1. The standard InChI is InChI=1S/C18H17ClF3NO2S/c19-15-8-7-14(26-15)16(23-9-1-2-12(10-23)17(24)25)11-3-5-13(6-4-11)18(20,21)22/h3-8,12,16H,1-2,9-10H2,(H,24,25). The number of alkyl halides is 3. The van der Waals surface area contributed by atoms with Crippen LogP contribution >= 0.6 is 22.9 Å². The van der Waals surface area contributed by atoms with Gasteiger partial charge in [-0.2, -0.15) is 13.2 Å². The van der Waals surface area contributed by atoms with Crippen molar-refractivity contribution in [3.05, 3.63) is 56.7 Å². The van der Waals surface area contributed by atoms with Gasteiger partial charge in [-0.15, -0.1) is 11.3 Å². The lowest BCUT2D eigenvalue weighted by atomic mass is 9.94. The summed E-state index contributed by atoms with van der Waals surface area (Å²) in [7, 11) is 0. The smallest absolute Gasteiger partial charge is 0.416 e. The monoisotopic (exact) mass is 403 g/mol. The van der Waals surface area contributed by atoms with Crippen molar-refractivity contribution < 1.29 is 23.1 Å². The van der Waals surface area contributed by atoms with Crippen LogP contribution in [-0.2, 0) is 11.0 Å². The Kier molecular flexibility index (Phi) is 5.60. The van der Waals surface area contributed by atoms with E-state index >= 15 is 0 Å². The first-order chi connectivity index (χ1) is 12.3. The first-order valence-electron chi connectivity index (χ1n) is 8.15. The van der Waals surface area contributed by atoms with Crippen molar-refractivity contribution in [2.45, 2.75) is 25.1 Å². The fourth-order valence-corrected chi connectivity index (χ4v) is 4.55. The third-order valence-electron chi connectivity index (χ3n) is 4.58. The quantitative estimate of drug-likeness (QED) is 0.752. The summed E-state index contributed by atoms with van der Waals surface area (Å²) in [5, 5.41) is 9.34. The van der Waals surface area contributed by atoms with Crippen LogP contribution in [-0.4, -0.2) is 29.1 Å².